The van der Waals surface area contributed by atoms with Crippen LogP contribution in [0.2, 0.25) is 5.02 Å². The Balaban J connectivity index is 1.73. The minimum absolute atomic E-state index is 0.0133. The van der Waals surface area contributed by atoms with Crippen molar-refractivity contribution in [2.24, 2.45) is 10.9 Å². The van der Waals surface area contributed by atoms with Gasteiger partial charge in [0.15, 0.2) is 10.8 Å². The number of hydrogen-bond acceptors (Lipinski definition) is 8. The molecule has 0 aliphatic carbocycles. The zero-order valence-electron chi connectivity index (χ0n) is 20.2. The lowest BCUT2D eigenvalue weighted by molar-refractivity contribution is -0.139. The number of likely N-dealkylation sites (tertiary alicyclic amines) is 1. The van der Waals surface area contributed by atoms with Gasteiger partial charge in [0.1, 0.15) is 11.9 Å². The average Bonchev–Trinajstić information content (AvgIpc) is 3.38. The molecule has 38 heavy (non-hydrogen) atoms. The predicted molar refractivity (Wildman–Crippen MR) is 136 cm³/mol. The number of nitrogens with zero attached hydrogens (tertiary/aromatic N) is 3. The van der Waals surface area contributed by atoms with Crippen LogP contribution in [0.4, 0.5) is 13.2 Å². The van der Waals surface area contributed by atoms with Crippen molar-refractivity contribution in [1.29, 1.82) is 0 Å². The summed E-state index contributed by atoms with van der Waals surface area (Å²) in [5.41, 5.74) is 0.688. The zero-order valence-corrected chi connectivity index (χ0v) is 21.7. The lowest BCUT2D eigenvalue weighted by atomic mass is 9.91. The van der Waals surface area contributed by atoms with Crippen molar-refractivity contribution < 1.29 is 32.6 Å². The number of halogens is 4. The van der Waals surface area contributed by atoms with Crippen molar-refractivity contribution >= 4 is 40.7 Å². The Hall–Kier alpha value is -3.22. The van der Waals surface area contributed by atoms with E-state index in [0.717, 1.165) is 18.2 Å². The number of aliphatic imine (C=N–C) groups is 1. The highest BCUT2D eigenvalue weighted by atomic mass is 35.5. The second-order valence-corrected chi connectivity index (χ2v) is 9.99. The van der Waals surface area contributed by atoms with Crippen LogP contribution in [0.1, 0.15) is 30.0 Å². The number of carboxylic acids is 1. The van der Waals surface area contributed by atoms with Crippen molar-refractivity contribution in [1.82, 2.24) is 15.2 Å². The number of alkyl halides is 2. The summed E-state index contributed by atoms with van der Waals surface area (Å²) in [6, 6.07) is 2.71. The van der Waals surface area contributed by atoms with E-state index in [1.165, 1.54) is 28.4 Å². The molecule has 2 unspecified atom stereocenters. The Morgan fingerprint density at radius 2 is 2.18 bits per heavy atom. The molecule has 2 aliphatic heterocycles. The third-order valence-corrected chi connectivity index (χ3v) is 7.21. The Kier molecular flexibility index (Phi) is 8.54. The highest BCUT2D eigenvalue weighted by Gasteiger charge is 2.44. The molecule has 0 bridgehead atoms. The quantitative estimate of drug-likeness (QED) is 0.358. The summed E-state index contributed by atoms with van der Waals surface area (Å²) < 4.78 is 49.0. The summed E-state index contributed by atoms with van der Waals surface area (Å²) in [6.07, 6.45) is 3.33. The molecule has 0 radical (unpaired) electrons. The fraction of sp³-hybridized carbons (Fsp3) is 0.360. The van der Waals surface area contributed by atoms with E-state index >= 15 is 0 Å². The van der Waals surface area contributed by atoms with Crippen LogP contribution in [0.25, 0.3) is 0 Å². The van der Waals surface area contributed by atoms with Gasteiger partial charge in [-0.15, -0.1) is 11.3 Å². The van der Waals surface area contributed by atoms with Crippen LogP contribution in [0.5, 0.6) is 0 Å². The molecule has 4 rings (SSSR count). The lowest BCUT2D eigenvalue weighted by Crippen LogP contribution is -2.50. The first kappa shape index (κ1) is 27.8. The number of piperidine rings is 1. The van der Waals surface area contributed by atoms with Crippen LogP contribution < -0.4 is 5.32 Å². The van der Waals surface area contributed by atoms with Gasteiger partial charge < -0.3 is 15.2 Å². The number of benzene rings is 1. The number of amidine groups is 1. The van der Waals surface area contributed by atoms with Gasteiger partial charge in [0, 0.05) is 46.4 Å². The second kappa shape index (κ2) is 11.7. The van der Waals surface area contributed by atoms with Crippen molar-refractivity contribution in [2.45, 2.75) is 25.3 Å². The number of aromatic nitrogens is 1. The van der Waals surface area contributed by atoms with E-state index in [4.69, 9.17) is 21.4 Å². The van der Waals surface area contributed by atoms with E-state index in [1.54, 1.807) is 18.5 Å². The maximum Gasteiger partial charge on any atom is 0.338 e. The first-order chi connectivity index (χ1) is 18.1. The SMILES string of the molecule is CCOC(=O)C1=C(CN2CCC(/C=C/C(=O)O)C(F)(F)C2)NC(c2nccs2)=NC1c1ccc(F)cc1Cl. The number of allylic oxidation sites excluding steroid dienone is 1. The number of aliphatic carboxylic acids is 1. The Labute approximate surface area is 225 Å². The largest absolute Gasteiger partial charge is 0.478 e. The summed E-state index contributed by atoms with van der Waals surface area (Å²) in [5.74, 6) is -6.70. The molecule has 2 aliphatic rings. The van der Waals surface area contributed by atoms with E-state index in [0.29, 0.717) is 16.4 Å². The van der Waals surface area contributed by atoms with Crippen molar-refractivity contribution in [2.75, 3.05) is 26.2 Å². The van der Waals surface area contributed by atoms with Gasteiger partial charge in [0.2, 0.25) is 0 Å². The van der Waals surface area contributed by atoms with Gasteiger partial charge in [0.05, 0.1) is 18.7 Å². The van der Waals surface area contributed by atoms with Crippen molar-refractivity contribution in [3.05, 3.63) is 74.6 Å². The van der Waals surface area contributed by atoms with E-state index in [-0.39, 0.29) is 42.4 Å². The first-order valence-corrected chi connectivity index (χ1v) is 13.0. The summed E-state index contributed by atoms with van der Waals surface area (Å²) in [4.78, 5) is 34.4. The van der Waals surface area contributed by atoms with Crippen LogP contribution in [0, 0.1) is 11.7 Å². The molecule has 2 N–H and O–H groups in total. The predicted octanol–water partition coefficient (Wildman–Crippen LogP) is 4.44. The standard InChI is InChI=1S/C25H24ClF3N4O4S/c1-2-37-24(36)20-18(12-33-9-7-14(3-6-19(34)35)25(28,29)13-33)31-22(23-30-8-10-38-23)32-21(20)16-5-4-15(27)11-17(16)26/h3-6,8,10-11,14,21H,2,7,9,12-13H2,1H3,(H,31,32)(H,34,35)/b6-3+. The van der Waals surface area contributed by atoms with Crippen LogP contribution >= 0.6 is 22.9 Å². The van der Waals surface area contributed by atoms with E-state index in [1.807, 2.05) is 0 Å². The molecule has 0 spiro atoms. The Bertz CT molecular complexity index is 1300. The molecule has 202 valence electrons. The molecule has 2 atom stereocenters. The van der Waals surface area contributed by atoms with E-state index in [9.17, 15) is 22.8 Å². The van der Waals surface area contributed by atoms with Crippen LogP contribution in [-0.2, 0) is 14.3 Å². The number of carbonyl (C=O) groups is 2. The summed E-state index contributed by atoms with van der Waals surface area (Å²) in [5, 5.41) is 14.2. The van der Waals surface area contributed by atoms with Crippen LogP contribution in [-0.4, -0.2) is 64.9 Å². The number of rotatable bonds is 8. The summed E-state index contributed by atoms with van der Waals surface area (Å²) >= 11 is 7.64. The number of ether oxygens (including phenoxy) is 1. The molecule has 0 saturated carbocycles. The monoisotopic (exact) mass is 568 g/mol. The lowest BCUT2D eigenvalue weighted by Gasteiger charge is -2.38. The van der Waals surface area contributed by atoms with Gasteiger partial charge >= 0.3 is 11.9 Å². The molecule has 0 amide bonds. The molecule has 1 aromatic heterocycles. The average molecular weight is 569 g/mol. The number of carboxylic acid groups (broad SMARTS) is 1. The number of esters is 1. The summed E-state index contributed by atoms with van der Waals surface area (Å²) in [6.45, 7) is 1.17. The number of hydrogen-bond donors (Lipinski definition) is 2. The van der Waals surface area contributed by atoms with E-state index < -0.39 is 42.2 Å². The highest BCUT2D eigenvalue weighted by molar-refractivity contribution is 7.11. The highest BCUT2D eigenvalue weighted by Crippen LogP contribution is 2.38. The van der Waals surface area contributed by atoms with Crippen LogP contribution in [0.15, 0.2) is 58.2 Å². The molecule has 2 aromatic rings. The van der Waals surface area contributed by atoms with Crippen molar-refractivity contribution in [3.8, 4) is 0 Å². The molecule has 3 heterocycles. The van der Waals surface area contributed by atoms with Crippen molar-refractivity contribution in [3.63, 3.8) is 0 Å². The molecular formula is C25H24ClF3N4O4S. The Morgan fingerprint density at radius 1 is 1.39 bits per heavy atom. The molecular weight excluding hydrogens is 545 g/mol. The van der Waals surface area contributed by atoms with E-state index in [2.05, 4.69) is 15.3 Å². The molecule has 1 aromatic carbocycles. The van der Waals surface area contributed by atoms with Gasteiger partial charge in [-0.05, 0) is 32.0 Å². The fourth-order valence-corrected chi connectivity index (χ4v) is 5.25. The zero-order chi connectivity index (χ0) is 27.4. The minimum atomic E-state index is -3.20. The molecule has 8 nitrogen and oxygen atoms in total. The summed E-state index contributed by atoms with van der Waals surface area (Å²) in [7, 11) is 0. The fourth-order valence-electron chi connectivity index (χ4n) is 4.39. The molecule has 1 fully saturated rings. The number of carbonyl (C=O) groups excluding carboxylic acids is 1. The number of thiazole rings is 1. The van der Waals surface area contributed by atoms with Gasteiger partial charge in [-0.25, -0.2) is 27.7 Å². The maximum atomic E-state index is 14.9. The second-order valence-electron chi connectivity index (χ2n) is 8.69. The third kappa shape index (κ3) is 6.25. The Morgan fingerprint density at radius 3 is 2.82 bits per heavy atom. The van der Waals surface area contributed by atoms with Crippen LogP contribution in [0.3, 0.4) is 0 Å². The first-order valence-electron chi connectivity index (χ1n) is 11.7. The van der Waals surface area contributed by atoms with Gasteiger partial charge in [-0.3, -0.25) is 9.89 Å². The normalized spacial score (nSPS) is 21.8. The minimum Gasteiger partial charge on any atom is -0.478 e. The molecule has 1 saturated heterocycles. The topological polar surface area (TPSA) is 104 Å². The third-order valence-electron chi connectivity index (χ3n) is 6.10. The van der Waals surface area contributed by atoms with Gasteiger partial charge in [-0.1, -0.05) is 23.7 Å². The van der Waals surface area contributed by atoms with Gasteiger partial charge in [-0.2, -0.15) is 0 Å². The number of nitrogens with one attached hydrogen (secondary N) is 1. The smallest absolute Gasteiger partial charge is 0.338 e. The molecule has 13 heteroatoms. The van der Waals surface area contributed by atoms with Gasteiger partial charge in [0.25, 0.3) is 5.92 Å². The maximum absolute atomic E-state index is 14.9.